The number of nitrogens with zero attached hydrogens (tertiary/aromatic N) is 5. The lowest BCUT2D eigenvalue weighted by molar-refractivity contribution is -0.0334. The Hall–Kier alpha value is -2.27. The third kappa shape index (κ3) is 6.86. The van der Waals surface area contributed by atoms with Crippen LogP contribution < -0.4 is 4.74 Å². The molecule has 3 aromatic rings. The minimum atomic E-state index is -1.07. The molecule has 3 aromatic heterocycles. The maximum atomic E-state index is 5.78. The Morgan fingerprint density at radius 1 is 1.06 bits per heavy atom. The van der Waals surface area contributed by atoms with Crippen molar-refractivity contribution < 1.29 is 18.9 Å². The fraction of sp³-hybridized carbons (Fsp3) is 0.609. The van der Waals surface area contributed by atoms with E-state index in [4.69, 9.17) is 23.9 Å². The first-order valence-electron chi connectivity index (χ1n) is 11.5. The maximum Gasteiger partial charge on any atom is 0.221 e. The van der Waals surface area contributed by atoms with Gasteiger partial charge in [-0.25, -0.2) is 9.67 Å². The molecule has 9 nitrogen and oxygen atoms in total. The zero-order chi connectivity index (χ0) is 23.8. The average Bonchev–Trinajstić information content (AvgIpc) is 3.43. The molecule has 0 unspecified atom stereocenters. The van der Waals surface area contributed by atoms with E-state index >= 15 is 0 Å². The molecule has 0 spiro atoms. The summed E-state index contributed by atoms with van der Waals surface area (Å²) in [6.45, 7) is 15.5. The zero-order valence-corrected chi connectivity index (χ0v) is 21.8. The fourth-order valence-corrected chi connectivity index (χ4v) is 4.23. The molecule has 1 aliphatic heterocycles. The molecule has 0 amide bonds. The molecule has 1 aliphatic rings. The molecule has 0 saturated carbocycles. The van der Waals surface area contributed by atoms with Crippen molar-refractivity contribution in [1.82, 2.24) is 24.4 Å². The van der Waals surface area contributed by atoms with E-state index in [0.29, 0.717) is 6.73 Å². The van der Waals surface area contributed by atoms with Crippen LogP contribution in [0.4, 0.5) is 0 Å². The summed E-state index contributed by atoms with van der Waals surface area (Å²) in [4.78, 5) is 4.76. The highest BCUT2D eigenvalue weighted by atomic mass is 28.3. The van der Waals surface area contributed by atoms with Gasteiger partial charge in [-0.1, -0.05) is 26.6 Å². The summed E-state index contributed by atoms with van der Waals surface area (Å²) in [7, 11) is 0.599. The predicted molar refractivity (Wildman–Crippen MR) is 131 cm³/mol. The monoisotopic (exact) mass is 475 g/mol. The van der Waals surface area contributed by atoms with Gasteiger partial charge < -0.3 is 18.9 Å². The Morgan fingerprint density at radius 3 is 2.33 bits per heavy atom. The number of rotatable bonds is 8. The molecule has 1 fully saturated rings. The van der Waals surface area contributed by atoms with Crippen LogP contribution >= 0.6 is 0 Å². The first-order valence-corrected chi connectivity index (χ1v) is 15.2. The maximum absolute atomic E-state index is 5.78. The van der Waals surface area contributed by atoms with Crippen LogP contribution in [0.3, 0.4) is 0 Å². The van der Waals surface area contributed by atoms with Crippen LogP contribution in [0.2, 0.25) is 25.7 Å². The van der Waals surface area contributed by atoms with Crippen molar-refractivity contribution in [3.8, 4) is 17.0 Å². The standard InChI is InChI=1S/C19H29N5O2Si.C4H8O2/c1-7-16-14(2)22-18-17(11-21-24(18)19(16)25-3)15-10-20-23(12-15)13-26-8-9-27(4,5)6;1-2-6-4-3-5-1/h10-12H,7-9,13H2,1-6H3;1-4H2. The first-order chi connectivity index (χ1) is 15.8. The molecule has 10 heteroatoms. The van der Waals surface area contributed by atoms with Gasteiger partial charge in [-0.05, 0) is 19.4 Å². The molecule has 182 valence electrons. The van der Waals surface area contributed by atoms with Crippen LogP contribution in [0.5, 0.6) is 5.88 Å². The highest BCUT2D eigenvalue weighted by Gasteiger charge is 2.18. The highest BCUT2D eigenvalue weighted by molar-refractivity contribution is 6.76. The Labute approximate surface area is 197 Å². The van der Waals surface area contributed by atoms with E-state index in [1.54, 1.807) is 11.6 Å². The molecule has 0 atom stereocenters. The van der Waals surface area contributed by atoms with Crippen molar-refractivity contribution in [2.75, 3.05) is 40.1 Å². The van der Waals surface area contributed by atoms with Crippen molar-refractivity contribution in [1.29, 1.82) is 0 Å². The molecule has 0 aliphatic carbocycles. The van der Waals surface area contributed by atoms with Gasteiger partial charge in [0.2, 0.25) is 5.88 Å². The molecule has 0 N–H and O–H groups in total. The number of fused-ring (bicyclic) bond motifs is 1. The van der Waals surface area contributed by atoms with Gasteiger partial charge in [0.1, 0.15) is 6.73 Å². The largest absolute Gasteiger partial charge is 0.481 e. The number of hydrogen-bond acceptors (Lipinski definition) is 7. The van der Waals surface area contributed by atoms with Gasteiger partial charge in [0.15, 0.2) is 5.65 Å². The number of aryl methyl sites for hydroxylation is 1. The molecule has 0 bridgehead atoms. The van der Waals surface area contributed by atoms with E-state index in [-0.39, 0.29) is 0 Å². The molecule has 33 heavy (non-hydrogen) atoms. The molecule has 0 radical (unpaired) electrons. The van der Waals surface area contributed by atoms with Crippen molar-refractivity contribution in [3.05, 3.63) is 29.8 Å². The van der Waals surface area contributed by atoms with Crippen LogP contribution in [0.1, 0.15) is 18.2 Å². The van der Waals surface area contributed by atoms with Crippen LogP contribution in [0.25, 0.3) is 16.8 Å². The summed E-state index contributed by atoms with van der Waals surface area (Å²) in [5.74, 6) is 0.744. The third-order valence-electron chi connectivity index (χ3n) is 5.36. The summed E-state index contributed by atoms with van der Waals surface area (Å²) in [5, 5.41) is 8.91. The van der Waals surface area contributed by atoms with Gasteiger partial charge >= 0.3 is 0 Å². The summed E-state index contributed by atoms with van der Waals surface area (Å²) in [5.41, 5.74) is 4.72. The predicted octanol–water partition coefficient (Wildman–Crippen LogP) is 3.82. The lowest BCUT2D eigenvalue weighted by Crippen LogP contribution is -2.22. The van der Waals surface area contributed by atoms with Crippen molar-refractivity contribution in [2.24, 2.45) is 0 Å². The average molecular weight is 476 g/mol. The molecule has 4 rings (SSSR count). The minimum absolute atomic E-state index is 0.458. The van der Waals surface area contributed by atoms with E-state index in [1.165, 1.54) is 0 Å². The van der Waals surface area contributed by atoms with E-state index in [0.717, 1.165) is 79.4 Å². The van der Waals surface area contributed by atoms with Crippen LogP contribution in [-0.4, -0.2) is 72.6 Å². The normalized spacial score (nSPS) is 14.2. The Kier molecular flexibility index (Phi) is 9.01. The smallest absolute Gasteiger partial charge is 0.221 e. The number of methoxy groups -OCH3 is 1. The Morgan fingerprint density at radius 2 is 1.76 bits per heavy atom. The summed E-state index contributed by atoms with van der Waals surface area (Å²) >= 11 is 0. The second kappa shape index (κ2) is 11.7. The Bertz CT molecular complexity index is 1010. The molecular weight excluding hydrogens is 438 g/mol. The van der Waals surface area contributed by atoms with Crippen LogP contribution in [0.15, 0.2) is 18.6 Å². The van der Waals surface area contributed by atoms with Gasteiger partial charge in [0.05, 0.1) is 45.9 Å². The second-order valence-electron chi connectivity index (χ2n) is 9.17. The van der Waals surface area contributed by atoms with E-state index < -0.39 is 8.07 Å². The molecule has 4 heterocycles. The third-order valence-corrected chi connectivity index (χ3v) is 7.06. The van der Waals surface area contributed by atoms with Gasteiger partial charge in [-0.3, -0.25) is 0 Å². The van der Waals surface area contributed by atoms with Crippen molar-refractivity contribution in [3.63, 3.8) is 0 Å². The van der Waals surface area contributed by atoms with Crippen molar-refractivity contribution in [2.45, 2.75) is 52.7 Å². The highest BCUT2D eigenvalue weighted by Crippen LogP contribution is 2.29. The van der Waals surface area contributed by atoms with E-state index in [1.807, 2.05) is 30.2 Å². The topological polar surface area (TPSA) is 84.9 Å². The van der Waals surface area contributed by atoms with Crippen molar-refractivity contribution >= 4 is 13.7 Å². The van der Waals surface area contributed by atoms with Gasteiger partial charge in [-0.2, -0.15) is 14.7 Å². The zero-order valence-electron chi connectivity index (χ0n) is 20.8. The van der Waals surface area contributed by atoms with Gasteiger partial charge in [0, 0.05) is 43.3 Å². The molecule has 0 aromatic carbocycles. The van der Waals surface area contributed by atoms with Crippen LogP contribution in [0, 0.1) is 6.92 Å². The van der Waals surface area contributed by atoms with Gasteiger partial charge in [-0.15, -0.1) is 0 Å². The summed E-state index contributed by atoms with van der Waals surface area (Å²) in [6.07, 6.45) is 6.47. The van der Waals surface area contributed by atoms with Crippen LogP contribution in [-0.2, 0) is 27.4 Å². The van der Waals surface area contributed by atoms with Gasteiger partial charge in [0.25, 0.3) is 0 Å². The van der Waals surface area contributed by atoms with E-state index in [2.05, 4.69) is 36.8 Å². The quantitative estimate of drug-likeness (QED) is 0.362. The number of hydrogen-bond donors (Lipinski definition) is 0. The minimum Gasteiger partial charge on any atom is -0.481 e. The second-order valence-corrected chi connectivity index (χ2v) is 14.8. The number of ether oxygens (including phenoxy) is 4. The summed E-state index contributed by atoms with van der Waals surface area (Å²) in [6, 6.07) is 1.15. The lowest BCUT2D eigenvalue weighted by Gasteiger charge is -2.15. The lowest BCUT2D eigenvalue weighted by atomic mass is 10.1. The summed E-state index contributed by atoms with van der Waals surface area (Å²) < 4.78 is 24.8. The Balaban J connectivity index is 0.000000442. The first kappa shape index (κ1) is 25.4. The molecule has 1 saturated heterocycles. The SMILES string of the molecule is C1COCCO1.CCc1c(C)nc2c(-c3cnn(COCC[Si](C)(C)C)c3)cnn2c1OC. The van der Waals surface area contributed by atoms with E-state index in [9.17, 15) is 0 Å². The molecular formula is C23H37N5O4Si. The number of aromatic nitrogens is 5. The fourth-order valence-electron chi connectivity index (χ4n) is 3.48.